The molecule has 2 aliphatic rings. The Kier molecular flexibility index (Phi) is 4.11. The number of allylic oxidation sites excluding steroid dienone is 1. The third-order valence-corrected chi connectivity index (χ3v) is 3.36. The zero-order valence-electron chi connectivity index (χ0n) is 10.2. The smallest absolute Gasteiger partial charge is 0.323 e. The number of hydrogen-bond acceptors (Lipinski definition) is 5. The molecule has 6 heteroatoms. The van der Waals surface area contributed by atoms with Crippen molar-refractivity contribution in [3.8, 4) is 0 Å². The lowest BCUT2D eigenvalue weighted by Crippen LogP contribution is -2.44. The molecular formula is C12H19N3O3. The zero-order valence-corrected chi connectivity index (χ0v) is 10.2. The number of nitrogens with two attached hydrogens (primary N) is 1. The Morgan fingerprint density at radius 2 is 2.28 bits per heavy atom. The van der Waals surface area contributed by atoms with Gasteiger partial charge in [-0.15, -0.1) is 0 Å². The van der Waals surface area contributed by atoms with E-state index in [9.17, 15) is 9.90 Å². The van der Waals surface area contributed by atoms with Crippen LogP contribution in [0.3, 0.4) is 0 Å². The van der Waals surface area contributed by atoms with Crippen LogP contribution in [0.25, 0.3) is 0 Å². The predicted octanol–water partition coefficient (Wildman–Crippen LogP) is -0.416. The maximum atomic E-state index is 10.7. The van der Waals surface area contributed by atoms with Crippen LogP contribution in [-0.4, -0.2) is 58.6 Å². The maximum absolute atomic E-state index is 10.7. The van der Waals surface area contributed by atoms with Crippen LogP contribution in [0.2, 0.25) is 0 Å². The maximum Gasteiger partial charge on any atom is 0.323 e. The Morgan fingerprint density at radius 3 is 2.83 bits per heavy atom. The fourth-order valence-electron chi connectivity index (χ4n) is 2.09. The minimum atomic E-state index is -1.32. The van der Waals surface area contributed by atoms with Gasteiger partial charge < -0.3 is 15.9 Å². The van der Waals surface area contributed by atoms with E-state index in [1.807, 2.05) is 0 Å². The average Bonchev–Trinajstić information content (AvgIpc) is 2.32. The molecule has 1 fully saturated rings. The quantitative estimate of drug-likeness (QED) is 0.618. The van der Waals surface area contributed by atoms with E-state index in [-0.39, 0.29) is 0 Å². The van der Waals surface area contributed by atoms with Crippen molar-refractivity contribution in [2.75, 3.05) is 19.6 Å². The van der Waals surface area contributed by atoms with Gasteiger partial charge in [0.1, 0.15) is 12.1 Å². The number of carboxylic acid groups (broad SMARTS) is 1. The Labute approximate surface area is 106 Å². The number of aliphatic carboxylic acids is 1. The minimum Gasteiger partial charge on any atom is -0.480 e. The summed E-state index contributed by atoms with van der Waals surface area (Å²) < 4.78 is 0. The van der Waals surface area contributed by atoms with Crippen molar-refractivity contribution in [3.63, 3.8) is 0 Å². The molecule has 0 aliphatic carbocycles. The first-order chi connectivity index (χ1) is 8.58. The van der Waals surface area contributed by atoms with E-state index in [0.717, 1.165) is 38.2 Å². The monoisotopic (exact) mass is 253 g/mol. The number of nitrogens with zero attached hydrogens (tertiary/aromatic N) is 2. The molecule has 0 radical (unpaired) electrons. The van der Waals surface area contributed by atoms with Crippen LogP contribution in [-0.2, 0) is 4.79 Å². The summed E-state index contributed by atoms with van der Waals surface area (Å²) in [7, 11) is 0. The SMILES string of the molecule is NC(C(=O)O)C(O)C1=CCCC(CN2CCC2)=N1. The molecule has 0 aromatic carbocycles. The molecule has 100 valence electrons. The van der Waals surface area contributed by atoms with Crippen LogP contribution in [0, 0.1) is 0 Å². The highest BCUT2D eigenvalue weighted by molar-refractivity contribution is 5.88. The average molecular weight is 253 g/mol. The van der Waals surface area contributed by atoms with E-state index in [1.165, 1.54) is 6.42 Å². The lowest BCUT2D eigenvalue weighted by atomic mass is 10.0. The fourth-order valence-corrected chi connectivity index (χ4v) is 2.09. The van der Waals surface area contributed by atoms with Gasteiger partial charge in [0.05, 0.1) is 5.70 Å². The van der Waals surface area contributed by atoms with Crippen molar-refractivity contribution in [2.24, 2.45) is 10.7 Å². The normalized spacial score (nSPS) is 23.7. The van der Waals surface area contributed by atoms with Crippen molar-refractivity contribution in [1.29, 1.82) is 0 Å². The standard InChI is InChI=1S/C12H19N3O3/c13-10(12(17)18)11(16)9-4-1-3-8(14-9)7-15-5-2-6-15/h4,10-11,16H,1-3,5-7,13H2,(H,17,18). The van der Waals surface area contributed by atoms with E-state index in [4.69, 9.17) is 10.8 Å². The molecule has 2 unspecified atom stereocenters. The highest BCUT2D eigenvalue weighted by atomic mass is 16.4. The second kappa shape index (κ2) is 5.60. The molecule has 0 amide bonds. The van der Waals surface area contributed by atoms with Crippen molar-refractivity contribution >= 4 is 11.7 Å². The number of aliphatic hydroxyl groups excluding tert-OH is 1. The number of hydrogen-bond donors (Lipinski definition) is 3. The van der Waals surface area contributed by atoms with Crippen LogP contribution < -0.4 is 5.73 Å². The number of rotatable bonds is 5. The molecule has 6 nitrogen and oxygen atoms in total. The van der Waals surface area contributed by atoms with E-state index in [0.29, 0.717) is 5.70 Å². The van der Waals surface area contributed by atoms with Gasteiger partial charge in [0.15, 0.2) is 0 Å². The van der Waals surface area contributed by atoms with E-state index < -0.39 is 18.1 Å². The molecule has 0 bridgehead atoms. The van der Waals surface area contributed by atoms with Crippen molar-refractivity contribution in [1.82, 2.24) is 4.90 Å². The first-order valence-electron chi connectivity index (χ1n) is 6.23. The van der Waals surface area contributed by atoms with Gasteiger partial charge in [-0.3, -0.25) is 14.7 Å². The minimum absolute atomic E-state index is 0.395. The van der Waals surface area contributed by atoms with Crippen LogP contribution in [0.1, 0.15) is 19.3 Å². The third-order valence-electron chi connectivity index (χ3n) is 3.36. The first-order valence-corrected chi connectivity index (χ1v) is 6.23. The van der Waals surface area contributed by atoms with Crippen molar-refractivity contribution in [2.45, 2.75) is 31.4 Å². The molecule has 2 rings (SSSR count). The topological polar surface area (TPSA) is 99.2 Å². The fraction of sp³-hybridized carbons (Fsp3) is 0.667. The van der Waals surface area contributed by atoms with Crippen LogP contribution in [0.5, 0.6) is 0 Å². The van der Waals surface area contributed by atoms with Gasteiger partial charge in [0, 0.05) is 12.3 Å². The highest BCUT2D eigenvalue weighted by Crippen LogP contribution is 2.18. The molecule has 0 aromatic rings. The number of aliphatic hydroxyl groups is 1. The molecule has 2 heterocycles. The lowest BCUT2D eigenvalue weighted by Gasteiger charge is -2.32. The number of likely N-dealkylation sites (tertiary alicyclic amines) is 1. The molecule has 1 saturated heterocycles. The lowest BCUT2D eigenvalue weighted by molar-refractivity contribution is -0.140. The predicted molar refractivity (Wildman–Crippen MR) is 67.4 cm³/mol. The second-order valence-corrected chi connectivity index (χ2v) is 4.78. The van der Waals surface area contributed by atoms with Crippen LogP contribution in [0.15, 0.2) is 16.8 Å². The zero-order chi connectivity index (χ0) is 13.1. The van der Waals surface area contributed by atoms with Crippen LogP contribution >= 0.6 is 0 Å². The Balaban J connectivity index is 1.99. The Hall–Kier alpha value is -1.24. The summed E-state index contributed by atoms with van der Waals surface area (Å²) in [6.45, 7) is 3.00. The van der Waals surface area contributed by atoms with Gasteiger partial charge in [0.25, 0.3) is 0 Å². The number of carboxylic acids is 1. The molecule has 2 aliphatic heterocycles. The van der Waals surface area contributed by atoms with Crippen molar-refractivity contribution < 1.29 is 15.0 Å². The summed E-state index contributed by atoms with van der Waals surface area (Å²) in [5.74, 6) is -1.21. The first kappa shape index (κ1) is 13.2. The van der Waals surface area contributed by atoms with Crippen LogP contribution in [0.4, 0.5) is 0 Å². The summed E-state index contributed by atoms with van der Waals surface area (Å²) in [5.41, 5.74) is 6.80. The number of carbonyl (C=O) groups is 1. The summed E-state index contributed by atoms with van der Waals surface area (Å²) in [4.78, 5) is 17.4. The summed E-state index contributed by atoms with van der Waals surface area (Å²) in [6, 6.07) is -1.32. The van der Waals surface area contributed by atoms with Gasteiger partial charge in [0.2, 0.25) is 0 Å². The van der Waals surface area contributed by atoms with Gasteiger partial charge in [-0.05, 0) is 32.4 Å². The molecule has 2 atom stereocenters. The second-order valence-electron chi connectivity index (χ2n) is 4.78. The Morgan fingerprint density at radius 1 is 1.56 bits per heavy atom. The summed E-state index contributed by atoms with van der Waals surface area (Å²) >= 11 is 0. The molecular weight excluding hydrogens is 234 g/mol. The van der Waals surface area contributed by atoms with E-state index >= 15 is 0 Å². The largest absolute Gasteiger partial charge is 0.480 e. The van der Waals surface area contributed by atoms with Gasteiger partial charge in [-0.1, -0.05) is 6.08 Å². The Bertz CT molecular complexity index is 388. The molecule has 0 spiro atoms. The summed E-state index contributed by atoms with van der Waals surface area (Å²) in [5, 5.41) is 18.6. The third kappa shape index (κ3) is 2.95. The van der Waals surface area contributed by atoms with Gasteiger partial charge in [-0.2, -0.15) is 0 Å². The van der Waals surface area contributed by atoms with Gasteiger partial charge in [-0.25, -0.2) is 0 Å². The van der Waals surface area contributed by atoms with Gasteiger partial charge >= 0.3 is 5.97 Å². The summed E-state index contributed by atoms with van der Waals surface area (Å²) in [6.07, 6.45) is 3.42. The molecule has 4 N–H and O–H groups in total. The highest BCUT2D eigenvalue weighted by Gasteiger charge is 2.27. The molecule has 0 saturated carbocycles. The van der Waals surface area contributed by atoms with E-state index in [1.54, 1.807) is 6.08 Å². The number of aliphatic imine (C=N–C) groups is 1. The molecule has 18 heavy (non-hydrogen) atoms. The van der Waals surface area contributed by atoms with E-state index in [2.05, 4.69) is 9.89 Å². The van der Waals surface area contributed by atoms with Crippen molar-refractivity contribution in [3.05, 3.63) is 11.8 Å². The molecule has 0 aromatic heterocycles.